The van der Waals surface area contributed by atoms with Gasteiger partial charge in [0.05, 0.1) is 19.3 Å². The molecular weight excluding hydrogens is 319 g/mol. The maximum absolute atomic E-state index is 13.5. The van der Waals surface area contributed by atoms with Crippen molar-refractivity contribution in [3.8, 4) is 0 Å². The maximum Gasteiger partial charge on any atom is 0.234 e. The standard InChI is InChI=1S/C20H23FN2O2/c1-15-7-8-16(11-18(15)21)12-22-20(24)14-23-9-10-25-19(13-23)17-5-3-2-4-6-17/h2-8,11,19H,9-10,12-14H2,1H3,(H,22,24). The molecule has 0 aliphatic carbocycles. The van der Waals surface area contributed by atoms with Crippen molar-refractivity contribution in [2.24, 2.45) is 0 Å². The Hall–Kier alpha value is -2.24. The molecule has 1 fully saturated rings. The summed E-state index contributed by atoms with van der Waals surface area (Å²) in [6.07, 6.45) is -0.00561. The molecule has 0 spiro atoms. The number of amides is 1. The normalized spacial score (nSPS) is 18.1. The van der Waals surface area contributed by atoms with Crippen LogP contribution in [0.15, 0.2) is 48.5 Å². The summed E-state index contributed by atoms with van der Waals surface area (Å²) in [5.74, 6) is -0.305. The highest BCUT2D eigenvalue weighted by Gasteiger charge is 2.23. The quantitative estimate of drug-likeness (QED) is 0.908. The molecule has 2 aromatic carbocycles. The van der Waals surface area contributed by atoms with Crippen LogP contribution in [0.5, 0.6) is 0 Å². The summed E-state index contributed by atoms with van der Waals surface area (Å²) in [5.41, 5.74) is 2.50. The number of carbonyl (C=O) groups excluding carboxylic acids is 1. The van der Waals surface area contributed by atoms with Gasteiger partial charge in [0.1, 0.15) is 5.82 Å². The van der Waals surface area contributed by atoms with E-state index in [1.165, 1.54) is 6.07 Å². The Balaban J connectivity index is 1.49. The molecule has 0 saturated carbocycles. The topological polar surface area (TPSA) is 41.6 Å². The second-order valence-electron chi connectivity index (χ2n) is 6.37. The van der Waals surface area contributed by atoms with Crippen molar-refractivity contribution in [1.82, 2.24) is 10.2 Å². The van der Waals surface area contributed by atoms with Crippen LogP contribution < -0.4 is 5.32 Å². The Morgan fingerprint density at radius 1 is 1.28 bits per heavy atom. The first-order valence-corrected chi connectivity index (χ1v) is 8.52. The fourth-order valence-electron chi connectivity index (χ4n) is 2.92. The lowest BCUT2D eigenvalue weighted by molar-refractivity contribution is -0.124. The van der Waals surface area contributed by atoms with Crippen LogP contribution in [0.25, 0.3) is 0 Å². The third-order valence-electron chi connectivity index (χ3n) is 4.42. The molecule has 3 rings (SSSR count). The lowest BCUT2D eigenvalue weighted by atomic mass is 10.1. The van der Waals surface area contributed by atoms with Crippen molar-refractivity contribution >= 4 is 5.91 Å². The molecule has 0 aromatic heterocycles. The summed E-state index contributed by atoms with van der Waals surface area (Å²) in [6, 6.07) is 15.1. The Labute approximate surface area is 147 Å². The number of hydrogen-bond acceptors (Lipinski definition) is 3. The van der Waals surface area contributed by atoms with Crippen molar-refractivity contribution < 1.29 is 13.9 Å². The number of carbonyl (C=O) groups is 1. The van der Waals surface area contributed by atoms with Crippen molar-refractivity contribution in [2.45, 2.75) is 19.6 Å². The zero-order chi connectivity index (χ0) is 17.6. The zero-order valence-corrected chi connectivity index (χ0v) is 14.4. The SMILES string of the molecule is Cc1ccc(CNC(=O)CN2CCOC(c3ccccc3)C2)cc1F. The van der Waals surface area contributed by atoms with Crippen LogP contribution in [0, 0.1) is 12.7 Å². The van der Waals surface area contributed by atoms with E-state index in [1.54, 1.807) is 13.0 Å². The molecule has 0 radical (unpaired) electrons. The van der Waals surface area contributed by atoms with Crippen LogP contribution in [-0.4, -0.2) is 37.0 Å². The molecule has 2 aromatic rings. The van der Waals surface area contributed by atoms with E-state index in [4.69, 9.17) is 4.74 Å². The van der Waals surface area contributed by atoms with Gasteiger partial charge in [-0.15, -0.1) is 0 Å². The van der Waals surface area contributed by atoms with Crippen LogP contribution in [0.4, 0.5) is 4.39 Å². The lowest BCUT2D eigenvalue weighted by Crippen LogP contribution is -2.44. The fraction of sp³-hybridized carbons (Fsp3) is 0.350. The van der Waals surface area contributed by atoms with E-state index in [9.17, 15) is 9.18 Å². The average molecular weight is 342 g/mol. The molecule has 1 atom stereocenters. The molecule has 1 aliphatic rings. The lowest BCUT2D eigenvalue weighted by Gasteiger charge is -2.32. The Bertz CT molecular complexity index is 721. The minimum Gasteiger partial charge on any atom is -0.371 e. The third-order valence-corrected chi connectivity index (χ3v) is 4.42. The summed E-state index contributed by atoms with van der Waals surface area (Å²) >= 11 is 0. The van der Waals surface area contributed by atoms with Crippen LogP contribution >= 0.6 is 0 Å². The Kier molecular flexibility index (Phi) is 5.79. The molecular formula is C20H23FN2O2. The van der Waals surface area contributed by atoms with Gasteiger partial charge in [0.2, 0.25) is 5.91 Å². The summed E-state index contributed by atoms with van der Waals surface area (Å²) in [4.78, 5) is 14.3. The highest BCUT2D eigenvalue weighted by atomic mass is 19.1. The predicted octanol–water partition coefficient (Wildman–Crippen LogP) is 2.82. The minimum absolute atomic E-state index is 0.00561. The van der Waals surface area contributed by atoms with Crippen LogP contribution in [-0.2, 0) is 16.1 Å². The number of nitrogens with zero attached hydrogens (tertiary/aromatic N) is 1. The highest BCUT2D eigenvalue weighted by Crippen LogP contribution is 2.21. The number of nitrogens with one attached hydrogen (secondary N) is 1. The second-order valence-corrected chi connectivity index (χ2v) is 6.37. The summed E-state index contributed by atoms with van der Waals surface area (Å²) in [6.45, 7) is 4.41. The molecule has 1 aliphatic heterocycles. The first-order valence-electron chi connectivity index (χ1n) is 8.52. The number of benzene rings is 2. The summed E-state index contributed by atoms with van der Waals surface area (Å²) in [7, 11) is 0. The van der Waals surface area contributed by atoms with E-state index in [-0.39, 0.29) is 17.8 Å². The smallest absolute Gasteiger partial charge is 0.234 e. The van der Waals surface area contributed by atoms with Crippen molar-refractivity contribution in [1.29, 1.82) is 0 Å². The van der Waals surface area contributed by atoms with Crippen molar-refractivity contribution in [2.75, 3.05) is 26.2 Å². The van der Waals surface area contributed by atoms with Crippen LogP contribution in [0.3, 0.4) is 0 Å². The molecule has 1 unspecified atom stereocenters. The number of rotatable bonds is 5. The van der Waals surface area contributed by atoms with Gasteiger partial charge in [0.15, 0.2) is 0 Å². The molecule has 4 nitrogen and oxygen atoms in total. The van der Waals surface area contributed by atoms with Gasteiger partial charge in [-0.3, -0.25) is 9.69 Å². The monoisotopic (exact) mass is 342 g/mol. The van der Waals surface area contributed by atoms with Gasteiger partial charge in [-0.1, -0.05) is 42.5 Å². The first kappa shape index (κ1) is 17.6. The Morgan fingerprint density at radius 3 is 2.84 bits per heavy atom. The van der Waals surface area contributed by atoms with Gasteiger partial charge >= 0.3 is 0 Å². The van der Waals surface area contributed by atoms with Gasteiger partial charge in [-0.25, -0.2) is 4.39 Å². The van der Waals surface area contributed by atoms with Gasteiger partial charge in [-0.05, 0) is 29.7 Å². The molecule has 25 heavy (non-hydrogen) atoms. The van der Waals surface area contributed by atoms with Gasteiger partial charge in [-0.2, -0.15) is 0 Å². The molecule has 1 N–H and O–H groups in total. The van der Waals surface area contributed by atoms with Gasteiger partial charge < -0.3 is 10.1 Å². The molecule has 132 valence electrons. The fourth-order valence-corrected chi connectivity index (χ4v) is 2.92. The largest absolute Gasteiger partial charge is 0.371 e. The molecule has 0 bridgehead atoms. The molecule has 1 amide bonds. The van der Waals surface area contributed by atoms with Crippen molar-refractivity contribution in [3.05, 3.63) is 71.0 Å². The highest BCUT2D eigenvalue weighted by molar-refractivity contribution is 5.78. The van der Waals surface area contributed by atoms with E-state index in [0.717, 1.165) is 17.7 Å². The average Bonchev–Trinajstić information content (AvgIpc) is 2.64. The number of halogens is 1. The second kappa shape index (κ2) is 8.23. The van der Waals surface area contributed by atoms with E-state index in [2.05, 4.69) is 10.2 Å². The zero-order valence-electron chi connectivity index (χ0n) is 14.4. The summed E-state index contributed by atoms with van der Waals surface area (Å²) in [5, 5.41) is 2.86. The molecule has 1 saturated heterocycles. The van der Waals surface area contributed by atoms with E-state index in [1.807, 2.05) is 36.4 Å². The maximum atomic E-state index is 13.5. The number of hydrogen-bond donors (Lipinski definition) is 1. The third kappa shape index (κ3) is 4.87. The van der Waals surface area contributed by atoms with E-state index >= 15 is 0 Å². The van der Waals surface area contributed by atoms with Crippen LogP contribution in [0.2, 0.25) is 0 Å². The number of morpholine rings is 1. The van der Waals surface area contributed by atoms with Crippen LogP contribution in [0.1, 0.15) is 22.8 Å². The summed E-state index contributed by atoms with van der Waals surface area (Å²) < 4.78 is 19.4. The molecule has 5 heteroatoms. The predicted molar refractivity (Wildman–Crippen MR) is 94.6 cm³/mol. The number of ether oxygens (including phenoxy) is 1. The van der Waals surface area contributed by atoms with E-state index in [0.29, 0.717) is 31.8 Å². The Morgan fingerprint density at radius 2 is 2.08 bits per heavy atom. The number of aryl methyl sites for hydroxylation is 1. The minimum atomic E-state index is -0.245. The molecule has 1 heterocycles. The van der Waals surface area contributed by atoms with Gasteiger partial charge in [0.25, 0.3) is 0 Å². The van der Waals surface area contributed by atoms with E-state index < -0.39 is 0 Å². The van der Waals surface area contributed by atoms with Gasteiger partial charge in [0, 0.05) is 19.6 Å². The van der Waals surface area contributed by atoms with Crippen molar-refractivity contribution in [3.63, 3.8) is 0 Å². The first-order chi connectivity index (χ1) is 12.1.